The smallest absolute Gasteiger partial charge is 0.259 e. The lowest BCUT2D eigenvalue weighted by atomic mass is 10.1. The van der Waals surface area contributed by atoms with Gasteiger partial charge in [0.05, 0.1) is 24.9 Å². The molecule has 2 amide bonds. The number of methoxy groups -OCH3 is 1. The van der Waals surface area contributed by atoms with E-state index in [9.17, 15) is 14.0 Å². The number of carbonyl (C=O) groups is 2. The van der Waals surface area contributed by atoms with Gasteiger partial charge in [0.25, 0.3) is 11.8 Å². The molecule has 1 heterocycles. The number of benzene rings is 4. The van der Waals surface area contributed by atoms with Crippen molar-refractivity contribution in [2.45, 2.75) is 22.9 Å². The van der Waals surface area contributed by atoms with Gasteiger partial charge in [-0.3, -0.25) is 9.59 Å². The third-order valence-corrected chi connectivity index (χ3v) is 7.15. The van der Waals surface area contributed by atoms with E-state index in [0.29, 0.717) is 28.1 Å². The van der Waals surface area contributed by atoms with Gasteiger partial charge in [0.1, 0.15) is 11.6 Å². The van der Waals surface area contributed by atoms with E-state index in [0.717, 1.165) is 15.4 Å². The van der Waals surface area contributed by atoms with E-state index < -0.39 is 0 Å². The normalized spacial score (nSPS) is 12.4. The average Bonchev–Trinajstić information content (AvgIpc) is 3.02. The number of rotatable bonds is 6. The molecule has 7 heteroatoms. The highest BCUT2D eigenvalue weighted by atomic mass is 32.2. The number of nitrogens with zero attached hydrogens (tertiary/aromatic N) is 1. The average molecular weight is 499 g/mol. The van der Waals surface area contributed by atoms with Crippen LogP contribution in [0.25, 0.3) is 0 Å². The third kappa shape index (κ3) is 4.70. The number of halogens is 1. The summed E-state index contributed by atoms with van der Waals surface area (Å²) in [5, 5.41) is 2.93. The van der Waals surface area contributed by atoms with Gasteiger partial charge in [-0.2, -0.15) is 0 Å². The molecule has 5 rings (SSSR count). The lowest BCUT2D eigenvalue weighted by molar-refractivity contribution is 0.0947. The summed E-state index contributed by atoms with van der Waals surface area (Å²) in [5.41, 5.74) is 2.76. The van der Waals surface area contributed by atoms with Crippen LogP contribution in [-0.4, -0.2) is 18.9 Å². The van der Waals surface area contributed by atoms with E-state index in [1.807, 2.05) is 48.5 Å². The van der Waals surface area contributed by atoms with Crippen LogP contribution >= 0.6 is 11.8 Å². The van der Waals surface area contributed by atoms with E-state index >= 15 is 0 Å². The number of nitrogens with one attached hydrogen (secondary N) is 1. The summed E-state index contributed by atoms with van der Waals surface area (Å²) >= 11 is 1.46. The minimum atomic E-state index is -0.386. The zero-order chi connectivity index (χ0) is 25.1. The van der Waals surface area contributed by atoms with E-state index in [1.165, 1.54) is 17.8 Å². The Morgan fingerprint density at radius 2 is 1.64 bits per heavy atom. The molecule has 1 aliphatic rings. The van der Waals surface area contributed by atoms with Crippen molar-refractivity contribution >= 4 is 29.3 Å². The Hall–Kier alpha value is -4.10. The van der Waals surface area contributed by atoms with Crippen LogP contribution in [0.1, 0.15) is 31.8 Å². The Labute approximate surface area is 212 Å². The standard InChI is InChI=1S/C29H23FN2O3S/c1-35-25-12-6-3-8-20(25)17-31-28(33)19-14-15-27-24(16-19)32(18-21-9-2-5-11-23(21)30)29(34)22-10-4-7-13-26(22)36-27/h2-16H,17-18H2,1H3,(H,31,33). The van der Waals surface area contributed by atoms with E-state index in [2.05, 4.69) is 5.32 Å². The van der Waals surface area contributed by atoms with Crippen LogP contribution in [0.4, 0.5) is 10.1 Å². The molecule has 0 atom stereocenters. The van der Waals surface area contributed by atoms with Crippen LogP contribution in [-0.2, 0) is 13.1 Å². The number of hydrogen-bond donors (Lipinski definition) is 1. The lowest BCUT2D eigenvalue weighted by Gasteiger charge is -2.24. The summed E-state index contributed by atoms with van der Waals surface area (Å²) in [5.74, 6) is -0.223. The van der Waals surface area contributed by atoms with Gasteiger partial charge in [0, 0.05) is 33.0 Å². The van der Waals surface area contributed by atoms with Crippen LogP contribution < -0.4 is 15.0 Å². The fourth-order valence-corrected chi connectivity index (χ4v) is 5.20. The fourth-order valence-electron chi connectivity index (χ4n) is 4.14. The van der Waals surface area contributed by atoms with E-state index in [-0.39, 0.29) is 30.7 Å². The second kappa shape index (κ2) is 10.3. The maximum absolute atomic E-state index is 14.6. The Bertz CT molecular complexity index is 1460. The van der Waals surface area contributed by atoms with Gasteiger partial charge in [0.15, 0.2) is 0 Å². The van der Waals surface area contributed by atoms with Crippen LogP contribution in [0.15, 0.2) is 101 Å². The number of anilines is 1. The van der Waals surface area contributed by atoms with Gasteiger partial charge in [-0.25, -0.2) is 4.39 Å². The predicted octanol–water partition coefficient (Wildman–Crippen LogP) is 6.08. The van der Waals surface area contributed by atoms with Crippen molar-refractivity contribution in [3.05, 3.63) is 119 Å². The molecule has 180 valence electrons. The molecule has 4 aromatic rings. The summed E-state index contributed by atoms with van der Waals surface area (Å²) in [6.45, 7) is 0.331. The van der Waals surface area contributed by atoms with Gasteiger partial charge in [-0.1, -0.05) is 60.3 Å². The summed E-state index contributed by atoms with van der Waals surface area (Å²) in [6.07, 6.45) is 0. The molecule has 5 nitrogen and oxygen atoms in total. The molecule has 0 aliphatic carbocycles. The second-order valence-corrected chi connectivity index (χ2v) is 9.34. The monoisotopic (exact) mass is 498 g/mol. The van der Waals surface area contributed by atoms with E-state index in [4.69, 9.17) is 4.74 Å². The molecule has 0 unspecified atom stereocenters. The number of hydrogen-bond acceptors (Lipinski definition) is 4. The highest BCUT2D eigenvalue weighted by molar-refractivity contribution is 7.99. The maximum Gasteiger partial charge on any atom is 0.259 e. The van der Waals surface area contributed by atoms with Crippen LogP contribution in [0, 0.1) is 5.82 Å². The van der Waals surface area contributed by atoms with Gasteiger partial charge in [-0.15, -0.1) is 0 Å². The molecule has 4 aromatic carbocycles. The van der Waals surface area contributed by atoms with E-state index in [1.54, 1.807) is 48.4 Å². The first kappa shape index (κ1) is 23.6. The van der Waals surface area contributed by atoms with Crippen molar-refractivity contribution < 1.29 is 18.7 Å². The summed E-state index contributed by atoms with van der Waals surface area (Å²) < 4.78 is 19.9. The minimum Gasteiger partial charge on any atom is -0.496 e. The second-order valence-electron chi connectivity index (χ2n) is 8.26. The Balaban J connectivity index is 1.49. The van der Waals surface area contributed by atoms with Crippen molar-refractivity contribution in [1.82, 2.24) is 5.32 Å². The molecule has 0 spiro atoms. The first-order valence-electron chi connectivity index (χ1n) is 11.4. The van der Waals surface area contributed by atoms with Gasteiger partial charge in [-0.05, 0) is 42.5 Å². The van der Waals surface area contributed by atoms with Crippen molar-refractivity contribution in [2.24, 2.45) is 0 Å². The Morgan fingerprint density at radius 1 is 0.917 bits per heavy atom. The fraction of sp³-hybridized carbons (Fsp3) is 0.103. The third-order valence-electron chi connectivity index (χ3n) is 6.01. The molecule has 0 saturated heterocycles. The van der Waals surface area contributed by atoms with Gasteiger partial charge < -0.3 is 15.0 Å². The lowest BCUT2D eigenvalue weighted by Crippen LogP contribution is -2.31. The first-order valence-corrected chi connectivity index (χ1v) is 12.2. The quantitative estimate of drug-likeness (QED) is 0.350. The molecule has 1 aliphatic heterocycles. The number of ether oxygens (including phenoxy) is 1. The largest absolute Gasteiger partial charge is 0.496 e. The Morgan fingerprint density at radius 3 is 2.44 bits per heavy atom. The number of fused-ring (bicyclic) bond motifs is 2. The Kier molecular flexibility index (Phi) is 6.73. The molecule has 0 saturated carbocycles. The molecule has 0 aromatic heterocycles. The van der Waals surface area contributed by atoms with Gasteiger partial charge >= 0.3 is 0 Å². The molecular weight excluding hydrogens is 475 g/mol. The number of amides is 2. The van der Waals surface area contributed by atoms with Gasteiger partial charge in [0.2, 0.25) is 0 Å². The highest BCUT2D eigenvalue weighted by Crippen LogP contribution is 2.42. The van der Waals surface area contributed by atoms with Crippen LogP contribution in [0.5, 0.6) is 5.75 Å². The van der Waals surface area contributed by atoms with Crippen molar-refractivity contribution in [3.8, 4) is 5.75 Å². The summed E-state index contributed by atoms with van der Waals surface area (Å²) in [7, 11) is 1.59. The van der Waals surface area contributed by atoms with Crippen molar-refractivity contribution in [3.63, 3.8) is 0 Å². The molecule has 0 fully saturated rings. The van der Waals surface area contributed by atoms with Crippen LogP contribution in [0.2, 0.25) is 0 Å². The zero-order valence-electron chi connectivity index (χ0n) is 19.5. The van der Waals surface area contributed by atoms with Crippen molar-refractivity contribution in [1.29, 1.82) is 0 Å². The van der Waals surface area contributed by atoms with Crippen LogP contribution in [0.3, 0.4) is 0 Å². The summed E-state index contributed by atoms with van der Waals surface area (Å²) in [6, 6.07) is 26.5. The SMILES string of the molecule is COc1ccccc1CNC(=O)c1ccc2c(c1)N(Cc1ccccc1F)C(=O)c1ccccc1S2. The minimum absolute atomic E-state index is 0.0414. The number of para-hydroxylation sites is 1. The maximum atomic E-state index is 14.6. The number of carbonyl (C=O) groups excluding carboxylic acids is 2. The first-order chi connectivity index (χ1) is 17.5. The predicted molar refractivity (Wildman–Crippen MR) is 138 cm³/mol. The molecular formula is C29H23FN2O3S. The topological polar surface area (TPSA) is 58.6 Å². The van der Waals surface area contributed by atoms with Crippen molar-refractivity contribution in [2.75, 3.05) is 12.0 Å². The summed E-state index contributed by atoms with van der Waals surface area (Å²) in [4.78, 5) is 29.9. The zero-order valence-corrected chi connectivity index (χ0v) is 20.3. The highest BCUT2D eigenvalue weighted by Gasteiger charge is 2.28. The molecule has 0 radical (unpaired) electrons. The molecule has 36 heavy (non-hydrogen) atoms. The molecule has 1 N–H and O–H groups in total. The molecule has 0 bridgehead atoms.